The zero-order valence-electron chi connectivity index (χ0n) is 7.80. The van der Waals surface area contributed by atoms with Crippen molar-refractivity contribution in [2.75, 3.05) is 26.2 Å². The first-order chi connectivity index (χ1) is 5.64. The Hall–Kier alpha value is -0.160. The fraction of sp³-hybridized carbons (Fsp3) is 1.00. The van der Waals surface area contributed by atoms with Gasteiger partial charge in [0.15, 0.2) is 5.79 Å². The molecule has 1 saturated heterocycles. The van der Waals surface area contributed by atoms with E-state index in [4.69, 9.17) is 15.2 Å². The molecule has 0 bridgehead atoms. The van der Waals surface area contributed by atoms with Crippen LogP contribution >= 0.6 is 0 Å². The van der Waals surface area contributed by atoms with Crippen LogP contribution < -0.4 is 11.1 Å². The van der Waals surface area contributed by atoms with E-state index in [0.29, 0.717) is 13.2 Å². The van der Waals surface area contributed by atoms with Crippen molar-refractivity contribution < 1.29 is 9.47 Å². The van der Waals surface area contributed by atoms with Crippen LogP contribution in [0.25, 0.3) is 0 Å². The van der Waals surface area contributed by atoms with Gasteiger partial charge in [-0.3, -0.25) is 0 Å². The van der Waals surface area contributed by atoms with E-state index in [1.807, 2.05) is 13.8 Å². The van der Waals surface area contributed by atoms with Gasteiger partial charge in [0.1, 0.15) is 0 Å². The molecule has 1 heterocycles. The van der Waals surface area contributed by atoms with E-state index in [2.05, 4.69) is 5.32 Å². The highest BCUT2D eigenvalue weighted by atomic mass is 16.7. The summed E-state index contributed by atoms with van der Waals surface area (Å²) in [7, 11) is 0. The molecular weight excluding hydrogens is 156 g/mol. The summed E-state index contributed by atoms with van der Waals surface area (Å²) in [6.07, 6.45) is 0.173. The van der Waals surface area contributed by atoms with E-state index in [-0.39, 0.29) is 6.10 Å². The lowest BCUT2D eigenvalue weighted by atomic mass is 10.3. The molecule has 0 amide bonds. The Bertz CT molecular complexity index is 139. The fourth-order valence-electron chi connectivity index (χ4n) is 1.23. The molecule has 4 heteroatoms. The van der Waals surface area contributed by atoms with Crippen LogP contribution in [0.15, 0.2) is 0 Å². The number of ether oxygens (including phenoxy) is 2. The van der Waals surface area contributed by atoms with Gasteiger partial charge in [0.05, 0.1) is 12.7 Å². The van der Waals surface area contributed by atoms with Crippen molar-refractivity contribution in [3.05, 3.63) is 0 Å². The molecule has 1 aliphatic heterocycles. The maximum absolute atomic E-state index is 5.57. The van der Waals surface area contributed by atoms with Crippen LogP contribution in [0.1, 0.15) is 13.8 Å². The van der Waals surface area contributed by atoms with E-state index in [1.54, 1.807) is 0 Å². The van der Waals surface area contributed by atoms with Crippen molar-refractivity contribution in [3.63, 3.8) is 0 Å². The van der Waals surface area contributed by atoms with Gasteiger partial charge >= 0.3 is 0 Å². The molecule has 12 heavy (non-hydrogen) atoms. The minimum absolute atomic E-state index is 0.173. The van der Waals surface area contributed by atoms with E-state index >= 15 is 0 Å². The first-order valence-electron chi connectivity index (χ1n) is 4.36. The molecule has 1 unspecified atom stereocenters. The highest BCUT2D eigenvalue weighted by Crippen LogP contribution is 2.21. The van der Waals surface area contributed by atoms with Crippen LogP contribution in [0.3, 0.4) is 0 Å². The van der Waals surface area contributed by atoms with Crippen molar-refractivity contribution >= 4 is 0 Å². The molecule has 4 nitrogen and oxygen atoms in total. The van der Waals surface area contributed by atoms with Crippen molar-refractivity contribution in [3.8, 4) is 0 Å². The molecule has 3 N–H and O–H groups in total. The standard InChI is InChI=1S/C8H18N2O2/c1-8(2)11-6-7(12-8)5-10-4-3-9/h7,10H,3-6,9H2,1-2H3. The Morgan fingerprint density at radius 1 is 1.58 bits per heavy atom. The third-order valence-corrected chi connectivity index (χ3v) is 1.76. The summed E-state index contributed by atoms with van der Waals surface area (Å²) in [5.41, 5.74) is 5.33. The molecule has 1 atom stereocenters. The van der Waals surface area contributed by atoms with Crippen molar-refractivity contribution in [1.82, 2.24) is 5.32 Å². The first-order valence-corrected chi connectivity index (χ1v) is 4.36. The van der Waals surface area contributed by atoms with Gasteiger partial charge in [0, 0.05) is 19.6 Å². The summed E-state index contributed by atoms with van der Waals surface area (Å²) in [5, 5.41) is 3.18. The lowest BCUT2D eigenvalue weighted by Crippen LogP contribution is -2.33. The smallest absolute Gasteiger partial charge is 0.163 e. The molecule has 0 aliphatic carbocycles. The highest BCUT2D eigenvalue weighted by molar-refractivity contribution is 4.72. The van der Waals surface area contributed by atoms with Gasteiger partial charge in [-0.25, -0.2) is 0 Å². The third kappa shape index (κ3) is 3.06. The molecular formula is C8H18N2O2. The molecule has 0 aromatic carbocycles. The van der Waals surface area contributed by atoms with Gasteiger partial charge in [-0.1, -0.05) is 0 Å². The van der Waals surface area contributed by atoms with Gasteiger partial charge < -0.3 is 20.5 Å². The molecule has 0 aromatic rings. The summed E-state index contributed by atoms with van der Waals surface area (Å²) in [6.45, 7) is 6.84. The Balaban J connectivity index is 2.11. The van der Waals surface area contributed by atoms with E-state index in [0.717, 1.165) is 13.1 Å². The van der Waals surface area contributed by atoms with Gasteiger partial charge in [-0.15, -0.1) is 0 Å². The summed E-state index contributed by atoms with van der Waals surface area (Å²) in [6, 6.07) is 0. The molecule has 0 aromatic heterocycles. The Kier molecular flexibility index (Phi) is 3.46. The summed E-state index contributed by atoms with van der Waals surface area (Å²) >= 11 is 0. The average molecular weight is 174 g/mol. The summed E-state index contributed by atoms with van der Waals surface area (Å²) < 4.78 is 11.0. The number of nitrogens with two attached hydrogens (primary N) is 1. The van der Waals surface area contributed by atoms with E-state index in [1.165, 1.54) is 0 Å². The van der Waals surface area contributed by atoms with Crippen LogP contribution in [0.4, 0.5) is 0 Å². The molecule has 72 valence electrons. The third-order valence-electron chi connectivity index (χ3n) is 1.76. The zero-order chi connectivity index (χ0) is 9.03. The summed E-state index contributed by atoms with van der Waals surface area (Å²) in [5.74, 6) is -0.408. The molecule has 1 fully saturated rings. The topological polar surface area (TPSA) is 56.5 Å². The number of hydrogen-bond donors (Lipinski definition) is 2. The van der Waals surface area contributed by atoms with Crippen LogP contribution in [-0.4, -0.2) is 38.1 Å². The molecule has 1 rings (SSSR count). The monoisotopic (exact) mass is 174 g/mol. The van der Waals surface area contributed by atoms with E-state index in [9.17, 15) is 0 Å². The Morgan fingerprint density at radius 2 is 2.33 bits per heavy atom. The number of hydrogen-bond acceptors (Lipinski definition) is 4. The van der Waals surface area contributed by atoms with Crippen LogP contribution in [0, 0.1) is 0 Å². The van der Waals surface area contributed by atoms with Gasteiger partial charge in [0.25, 0.3) is 0 Å². The molecule has 0 saturated carbocycles. The lowest BCUT2D eigenvalue weighted by Gasteiger charge is -2.17. The maximum atomic E-state index is 5.57. The predicted molar refractivity (Wildman–Crippen MR) is 46.8 cm³/mol. The van der Waals surface area contributed by atoms with Crippen LogP contribution in [0.2, 0.25) is 0 Å². The van der Waals surface area contributed by atoms with Crippen molar-refractivity contribution in [2.24, 2.45) is 5.73 Å². The van der Waals surface area contributed by atoms with Gasteiger partial charge in [-0.2, -0.15) is 0 Å². The minimum atomic E-state index is -0.408. The van der Waals surface area contributed by atoms with Crippen molar-refractivity contribution in [2.45, 2.75) is 25.7 Å². The zero-order valence-corrected chi connectivity index (χ0v) is 7.80. The quantitative estimate of drug-likeness (QED) is 0.574. The second-order valence-electron chi connectivity index (χ2n) is 3.44. The number of nitrogens with one attached hydrogen (secondary N) is 1. The highest BCUT2D eigenvalue weighted by Gasteiger charge is 2.31. The average Bonchev–Trinajstić information content (AvgIpc) is 2.31. The minimum Gasteiger partial charge on any atom is -0.348 e. The van der Waals surface area contributed by atoms with Crippen molar-refractivity contribution in [1.29, 1.82) is 0 Å². The molecule has 0 radical (unpaired) electrons. The normalized spacial score (nSPS) is 27.8. The largest absolute Gasteiger partial charge is 0.348 e. The van der Waals surface area contributed by atoms with Gasteiger partial charge in [-0.05, 0) is 13.8 Å². The van der Waals surface area contributed by atoms with Crippen LogP contribution in [-0.2, 0) is 9.47 Å². The molecule has 0 spiro atoms. The van der Waals surface area contributed by atoms with E-state index < -0.39 is 5.79 Å². The Morgan fingerprint density at radius 3 is 2.83 bits per heavy atom. The summed E-state index contributed by atoms with van der Waals surface area (Å²) in [4.78, 5) is 0. The maximum Gasteiger partial charge on any atom is 0.163 e. The van der Waals surface area contributed by atoms with Gasteiger partial charge in [0.2, 0.25) is 0 Å². The number of rotatable bonds is 4. The lowest BCUT2D eigenvalue weighted by molar-refractivity contribution is -0.137. The second kappa shape index (κ2) is 4.18. The Labute approximate surface area is 73.4 Å². The predicted octanol–water partition coefficient (Wildman–Crippen LogP) is -0.314. The molecule has 1 aliphatic rings. The van der Waals surface area contributed by atoms with Crippen LogP contribution in [0.5, 0.6) is 0 Å². The fourth-order valence-corrected chi connectivity index (χ4v) is 1.23. The second-order valence-corrected chi connectivity index (χ2v) is 3.44. The SMILES string of the molecule is CC1(C)OCC(CNCCN)O1. The first kappa shape index (κ1) is 9.92.